The second-order valence-electron chi connectivity index (χ2n) is 9.00. The Morgan fingerprint density at radius 1 is 1.13 bits per heavy atom. The maximum Gasteiger partial charge on any atom is 0.243 e. The van der Waals surface area contributed by atoms with Crippen LogP contribution in [0.15, 0.2) is 12.2 Å². The SMILES string of the molecule is CC(=O)C1CCC2C3CCC4NC(=O)C=CC4(C)C3CCC12C. The maximum atomic E-state index is 12.1. The van der Waals surface area contributed by atoms with Gasteiger partial charge in [-0.3, -0.25) is 9.59 Å². The molecule has 3 aliphatic carbocycles. The molecule has 1 N–H and O–H groups in total. The van der Waals surface area contributed by atoms with Crippen molar-refractivity contribution in [1.82, 2.24) is 5.32 Å². The number of fused-ring (bicyclic) bond motifs is 5. The van der Waals surface area contributed by atoms with Gasteiger partial charge in [0.1, 0.15) is 5.78 Å². The molecule has 0 radical (unpaired) electrons. The first-order chi connectivity index (χ1) is 10.9. The van der Waals surface area contributed by atoms with Gasteiger partial charge in [0, 0.05) is 17.4 Å². The van der Waals surface area contributed by atoms with Gasteiger partial charge in [0.25, 0.3) is 0 Å². The Bertz CT molecular complexity index is 582. The minimum atomic E-state index is 0.0732. The zero-order valence-corrected chi connectivity index (χ0v) is 14.6. The van der Waals surface area contributed by atoms with Gasteiger partial charge in [-0.25, -0.2) is 0 Å². The predicted molar refractivity (Wildman–Crippen MR) is 89.6 cm³/mol. The Morgan fingerprint density at radius 2 is 1.91 bits per heavy atom. The van der Waals surface area contributed by atoms with Crippen LogP contribution in [0.2, 0.25) is 0 Å². The van der Waals surface area contributed by atoms with E-state index in [1.165, 1.54) is 25.7 Å². The molecule has 23 heavy (non-hydrogen) atoms. The summed E-state index contributed by atoms with van der Waals surface area (Å²) in [7, 11) is 0. The Balaban J connectivity index is 1.66. The molecule has 4 aliphatic rings. The third-order valence-electron chi connectivity index (χ3n) is 8.18. The van der Waals surface area contributed by atoms with Gasteiger partial charge in [0.2, 0.25) is 5.91 Å². The third kappa shape index (κ3) is 2.01. The second kappa shape index (κ2) is 4.94. The molecule has 1 amide bonds. The summed E-state index contributed by atoms with van der Waals surface area (Å²) in [5.41, 5.74) is 0.324. The van der Waals surface area contributed by atoms with Crippen molar-refractivity contribution in [2.75, 3.05) is 0 Å². The van der Waals surface area contributed by atoms with E-state index in [9.17, 15) is 9.59 Å². The molecule has 0 bridgehead atoms. The highest BCUT2D eigenvalue weighted by molar-refractivity contribution is 5.89. The van der Waals surface area contributed by atoms with E-state index in [1.54, 1.807) is 13.0 Å². The predicted octanol–water partition coefficient (Wildman–Crippen LogP) is 3.49. The van der Waals surface area contributed by atoms with E-state index in [0.29, 0.717) is 23.7 Å². The lowest BCUT2D eigenvalue weighted by Gasteiger charge is -2.58. The molecule has 7 unspecified atom stereocenters. The van der Waals surface area contributed by atoms with Gasteiger partial charge in [-0.15, -0.1) is 0 Å². The lowest BCUT2D eigenvalue weighted by Crippen LogP contribution is -2.59. The number of ketones is 1. The minimum Gasteiger partial charge on any atom is -0.349 e. The molecule has 126 valence electrons. The summed E-state index contributed by atoms with van der Waals surface area (Å²) >= 11 is 0. The quantitative estimate of drug-likeness (QED) is 0.805. The van der Waals surface area contributed by atoms with E-state index in [2.05, 4.69) is 25.2 Å². The monoisotopic (exact) mass is 315 g/mol. The van der Waals surface area contributed by atoms with Gasteiger partial charge in [0.15, 0.2) is 0 Å². The van der Waals surface area contributed by atoms with Crippen LogP contribution in [-0.4, -0.2) is 17.7 Å². The van der Waals surface area contributed by atoms with Crippen LogP contribution >= 0.6 is 0 Å². The highest BCUT2D eigenvalue weighted by Crippen LogP contribution is 2.65. The second-order valence-corrected chi connectivity index (χ2v) is 9.00. The van der Waals surface area contributed by atoms with Crippen molar-refractivity contribution in [2.24, 2.45) is 34.5 Å². The summed E-state index contributed by atoms with van der Waals surface area (Å²) in [5, 5.41) is 3.21. The van der Waals surface area contributed by atoms with Crippen molar-refractivity contribution in [3.05, 3.63) is 12.2 Å². The molecule has 3 nitrogen and oxygen atoms in total. The molecule has 1 heterocycles. The number of nitrogens with one attached hydrogen (secondary N) is 1. The number of carbonyl (C=O) groups is 2. The summed E-state index contributed by atoms with van der Waals surface area (Å²) in [6.07, 6.45) is 10.9. The molecular formula is C20H29NO2. The molecule has 0 spiro atoms. The van der Waals surface area contributed by atoms with Gasteiger partial charge < -0.3 is 5.32 Å². The molecular weight excluding hydrogens is 286 g/mol. The van der Waals surface area contributed by atoms with Gasteiger partial charge >= 0.3 is 0 Å². The topological polar surface area (TPSA) is 46.2 Å². The van der Waals surface area contributed by atoms with E-state index >= 15 is 0 Å². The molecule has 0 aromatic carbocycles. The van der Waals surface area contributed by atoms with Crippen molar-refractivity contribution >= 4 is 11.7 Å². The third-order valence-corrected chi connectivity index (χ3v) is 8.18. The van der Waals surface area contributed by atoms with Crippen molar-refractivity contribution in [3.63, 3.8) is 0 Å². The van der Waals surface area contributed by atoms with Crippen molar-refractivity contribution in [2.45, 2.75) is 65.3 Å². The maximum absolute atomic E-state index is 12.1. The zero-order chi connectivity index (χ0) is 16.4. The summed E-state index contributed by atoms with van der Waals surface area (Å²) in [5.74, 6) is 2.82. The van der Waals surface area contributed by atoms with Crippen molar-refractivity contribution in [3.8, 4) is 0 Å². The average Bonchev–Trinajstić information content (AvgIpc) is 2.85. The molecule has 7 atom stereocenters. The molecule has 3 saturated carbocycles. The first-order valence-electron chi connectivity index (χ1n) is 9.36. The normalized spacial score (nSPS) is 51.4. The number of carbonyl (C=O) groups excluding carboxylic acids is 2. The van der Waals surface area contributed by atoms with Gasteiger partial charge in [-0.1, -0.05) is 19.9 Å². The Labute approximate surface area is 139 Å². The molecule has 3 heteroatoms. The summed E-state index contributed by atoms with van der Waals surface area (Å²) in [6.45, 7) is 6.53. The van der Waals surface area contributed by atoms with E-state index in [-0.39, 0.29) is 22.7 Å². The van der Waals surface area contributed by atoms with E-state index in [0.717, 1.165) is 18.8 Å². The molecule has 1 aliphatic heterocycles. The zero-order valence-electron chi connectivity index (χ0n) is 14.6. The highest BCUT2D eigenvalue weighted by atomic mass is 16.1. The van der Waals surface area contributed by atoms with Crippen molar-refractivity contribution in [1.29, 1.82) is 0 Å². The number of amides is 1. The molecule has 0 saturated heterocycles. The van der Waals surface area contributed by atoms with Crippen LogP contribution in [0.4, 0.5) is 0 Å². The fraction of sp³-hybridized carbons (Fsp3) is 0.800. The smallest absolute Gasteiger partial charge is 0.243 e. The fourth-order valence-electron chi connectivity index (χ4n) is 7.00. The van der Waals surface area contributed by atoms with E-state index in [1.807, 2.05) is 0 Å². The highest BCUT2D eigenvalue weighted by Gasteiger charge is 2.60. The standard InChI is InChI=1S/C20H29NO2/c1-12(22)14-5-6-15-13-4-7-17-20(3,11-9-18(23)21-17)16(13)8-10-19(14,15)2/h9,11,13-17H,4-8,10H2,1-3H3,(H,21,23). The number of hydrogen-bond acceptors (Lipinski definition) is 2. The largest absolute Gasteiger partial charge is 0.349 e. The Morgan fingerprint density at radius 3 is 2.65 bits per heavy atom. The first-order valence-corrected chi connectivity index (χ1v) is 9.36. The van der Waals surface area contributed by atoms with Gasteiger partial charge in [-0.2, -0.15) is 0 Å². The number of rotatable bonds is 1. The van der Waals surface area contributed by atoms with Crippen LogP contribution < -0.4 is 5.32 Å². The van der Waals surface area contributed by atoms with Crippen molar-refractivity contribution < 1.29 is 9.59 Å². The van der Waals surface area contributed by atoms with Gasteiger partial charge in [-0.05, 0) is 74.7 Å². The first kappa shape index (κ1) is 15.4. The van der Waals surface area contributed by atoms with E-state index < -0.39 is 0 Å². The molecule has 0 aromatic heterocycles. The van der Waals surface area contributed by atoms with Crippen LogP contribution in [0.25, 0.3) is 0 Å². The average molecular weight is 315 g/mol. The lowest BCUT2D eigenvalue weighted by molar-refractivity contribution is -0.130. The van der Waals surface area contributed by atoms with Crippen LogP contribution in [0.5, 0.6) is 0 Å². The van der Waals surface area contributed by atoms with Crippen LogP contribution in [0.3, 0.4) is 0 Å². The van der Waals surface area contributed by atoms with Crippen LogP contribution in [0.1, 0.15) is 59.3 Å². The van der Waals surface area contributed by atoms with Crippen LogP contribution in [0, 0.1) is 34.5 Å². The van der Waals surface area contributed by atoms with Gasteiger partial charge in [0.05, 0.1) is 0 Å². The molecule has 3 fully saturated rings. The Hall–Kier alpha value is -1.12. The summed E-state index contributed by atoms with van der Waals surface area (Å²) < 4.78 is 0. The Kier molecular flexibility index (Phi) is 3.31. The molecule has 0 aromatic rings. The fourth-order valence-corrected chi connectivity index (χ4v) is 7.00. The number of hydrogen-bond donors (Lipinski definition) is 1. The molecule has 4 rings (SSSR count). The minimum absolute atomic E-state index is 0.0732. The number of Topliss-reactive ketones (excluding diaryl/α,β-unsaturated/α-hetero) is 1. The lowest BCUT2D eigenvalue weighted by atomic mass is 9.48. The van der Waals surface area contributed by atoms with Crippen LogP contribution in [-0.2, 0) is 9.59 Å². The summed E-state index contributed by atoms with van der Waals surface area (Å²) in [4.78, 5) is 23.9. The van der Waals surface area contributed by atoms with E-state index in [4.69, 9.17) is 0 Å². The summed E-state index contributed by atoms with van der Waals surface area (Å²) in [6, 6.07) is 0.301.